The van der Waals surface area contributed by atoms with Gasteiger partial charge in [-0.1, -0.05) is 29.3 Å². The fourth-order valence-electron chi connectivity index (χ4n) is 2.31. The predicted octanol–water partition coefficient (Wildman–Crippen LogP) is 3.87. The molecular weight excluding hydrogens is 309 g/mol. The van der Waals surface area contributed by atoms with Crippen molar-refractivity contribution in [3.05, 3.63) is 63.8 Å². The molecule has 2 aromatic carbocycles. The van der Waals surface area contributed by atoms with Crippen LogP contribution in [0.4, 0.5) is 5.69 Å². The molecule has 108 valence electrons. The van der Waals surface area contributed by atoms with Gasteiger partial charge in [-0.05, 0) is 36.4 Å². The molecule has 0 saturated heterocycles. The molecule has 1 aromatic heterocycles. The number of nitrogens with two attached hydrogens (primary N) is 2. The van der Waals surface area contributed by atoms with Crippen LogP contribution in [0.1, 0.15) is 17.4 Å². The van der Waals surface area contributed by atoms with Crippen molar-refractivity contribution in [3.63, 3.8) is 0 Å². The van der Waals surface area contributed by atoms with E-state index in [1.165, 1.54) is 0 Å². The second-order valence-corrected chi connectivity index (χ2v) is 5.58. The van der Waals surface area contributed by atoms with Crippen molar-refractivity contribution in [2.45, 2.75) is 6.04 Å². The molecule has 4 nitrogen and oxygen atoms in total. The van der Waals surface area contributed by atoms with Crippen molar-refractivity contribution in [2.24, 2.45) is 5.84 Å². The van der Waals surface area contributed by atoms with Crippen LogP contribution in [0.15, 0.2) is 46.9 Å². The highest BCUT2D eigenvalue weighted by Gasteiger charge is 2.19. The van der Waals surface area contributed by atoms with Gasteiger partial charge in [-0.15, -0.1) is 0 Å². The lowest BCUT2D eigenvalue weighted by atomic mass is 10.0. The van der Waals surface area contributed by atoms with Crippen LogP contribution in [-0.2, 0) is 0 Å². The topological polar surface area (TPSA) is 77.2 Å². The molecule has 0 saturated carbocycles. The van der Waals surface area contributed by atoms with Gasteiger partial charge in [0.15, 0.2) is 0 Å². The number of rotatable bonds is 3. The minimum Gasteiger partial charge on any atom is -0.459 e. The number of hydrogen-bond donors (Lipinski definition) is 3. The third-order valence-corrected chi connectivity index (χ3v) is 3.78. The van der Waals surface area contributed by atoms with E-state index >= 15 is 0 Å². The Morgan fingerprint density at radius 1 is 1.00 bits per heavy atom. The molecule has 0 aliphatic heterocycles. The van der Waals surface area contributed by atoms with Gasteiger partial charge in [0.05, 0.1) is 0 Å². The molecule has 3 aromatic rings. The van der Waals surface area contributed by atoms with Crippen molar-refractivity contribution >= 4 is 39.9 Å². The number of halogens is 2. The van der Waals surface area contributed by atoms with E-state index in [9.17, 15) is 0 Å². The number of hydrazine groups is 1. The van der Waals surface area contributed by atoms with E-state index in [0.717, 1.165) is 16.5 Å². The minimum atomic E-state index is -0.367. The summed E-state index contributed by atoms with van der Waals surface area (Å²) in [6, 6.07) is 12.2. The number of nitrogens with one attached hydrogen (secondary N) is 1. The number of nitrogen functional groups attached to an aromatic ring is 1. The Morgan fingerprint density at radius 2 is 1.71 bits per heavy atom. The predicted molar refractivity (Wildman–Crippen MR) is 86.3 cm³/mol. The van der Waals surface area contributed by atoms with Gasteiger partial charge in [-0.3, -0.25) is 5.84 Å². The maximum atomic E-state index is 6.01. The maximum absolute atomic E-state index is 6.01. The first-order valence-corrected chi connectivity index (χ1v) is 7.04. The van der Waals surface area contributed by atoms with E-state index < -0.39 is 0 Å². The highest BCUT2D eigenvalue weighted by atomic mass is 35.5. The number of fused-ring (bicyclic) bond motifs is 1. The maximum Gasteiger partial charge on any atom is 0.134 e. The van der Waals surface area contributed by atoms with Crippen molar-refractivity contribution in [1.82, 2.24) is 5.43 Å². The lowest BCUT2D eigenvalue weighted by Crippen LogP contribution is -2.29. The lowest BCUT2D eigenvalue weighted by molar-refractivity contribution is 0.478. The van der Waals surface area contributed by atoms with E-state index in [1.807, 2.05) is 24.3 Å². The molecule has 0 radical (unpaired) electrons. The molecule has 6 heteroatoms. The summed E-state index contributed by atoms with van der Waals surface area (Å²) < 4.78 is 5.83. The second-order valence-electron chi connectivity index (χ2n) is 4.70. The zero-order valence-corrected chi connectivity index (χ0v) is 12.4. The lowest BCUT2D eigenvalue weighted by Gasteiger charge is -2.16. The molecule has 3 rings (SSSR count). The SMILES string of the molecule is NNC(c1cc2cc(Cl)ccc2o1)c1ccc(Cl)cc1N. The summed E-state index contributed by atoms with van der Waals surface area (Å²) in [5, 5.41) is 2.13. The average Bonchev–Trinajstić information content (AvgIpc) is 2.84. The van der Waals surface area contributed by atoms with Crippen LogP contribution in [0.25, 0.3) is 11.0 Å². The molecule has 0 aliphatic carbocycles. The smallest absolute Gasteiger partial charge is 0.134 e. The summed E-state index contributed by atoms with van der Waals surface area (Å²) in [5.41, 5.74) is 10.8. The minimum absolute atomic E-state index is 0.367. The van der Waals surface area contributed by atoms with Gasteiger partial charge in [0.1, 0.15) is 17.4 Å². The highest BCUT2D eigenvalue weighted by Crippen LogP contribution is 2.32. The Morgan fingerprint density at radius 3 is 2.43 bits per heavy atom. The van der Waals surface area contributed by atoms with Crippen molar-refractivity contribution in [3.8, 4) is 0 Å². The van der Waals surface area contributed by atoms with Crippen LogP contribution >= 0.6 is 23.2 Å². The van der Waals surface area contributed by atoms with Crippen LogP contribution < -0.4 is 17.0 Å². The number of benzene rings is 2. The number of anilines is 1. The van der Waals surface area contributed by atoms with Crippen molar-refractivity contribution < 1.29 is 4.42 Å². The highest BCUT2D eigenvalue weighted by molar-refractivity contribution is 6.31. The van der Waals surface area contributed by atoms with Crippen molar-refractivity contribution in [1.29, 1.82) is 0 Å². The van der Waals surface area contributed by atoms with Crippen LogP contribution in [0, 0.1) is 0 Å². The normalized spacial score (nSPS) is 12.7. The van der Waals surface area contributed by atoms with Gasteiger partial charge in [0, 0.05) is 26.7 Å². The Hall–Kier alpha value is -1.72. The summed E-state index contributed by atoms with van der Waals surface area (Å²) in [6.45, 7) is 0. The van der Waals surface area contributed by atoms with E-state index in [-0.39, 0.29) is 6.04 Å². The Kier molecular flexibility index (Phi) is 3.78. The number of furan rings is 1. The van der Waals surface area contributed by atoms with E-state index in [1.54, 1.807) is 18.2 Å². The molecule has 0 aliphatic rings. The largest absolute Gasteiger partial charge is 0.459 e. The summed E-state index contributed by atoms with van der Waals surface area (Å²) in [4.78, 5) is 0. The Balaban J connectivity index is 2.09. The van der Waals surface area contributed by atoms with E-state index in [0.29, 0.717) is 21.5 Å². The zero-order valence-electron chi connectivity index (χ0n) is 10.9. The Bertz CT molecular complexity index is 801. The fraction of sp³-hybridized carbons (Fsp3) is 0.0667. The van der Waals surface area contributed by atoms with E-state index in [4.69, 9.17) is 39.2 Å². The summed E-state index contributed by atoms with van der Waals surface area (Å²) in [6.07, 6.45) is 0. The van der Waals surface area contributed by atoms with Gasteiger partial charge in [-0.2, -0.15) is 0 Å². The third-order valence-electron chi connectivity index (χ3n) is 3.31. The monoisotopic (exact) mass is 321 g/mol. The molecule has 0 fully saturated rings. The molecule has 0 amide bonds. The van der Waals surface area contributed by atoms with Crippen LogP contribution in [-0.4, -0.2) is 0 Å². The van der Waals surface area contributed by atoms with Crippen LogP contribution in [0.2, 0.25) is 10.0 Å². The molecule has 1 atom stereocenters. The molecule has 0 spiro atoms. The van der Waals surface area contributed by atoms with Crippen molar-refractivity contribution in [2.75, 3.05) is 5.73 Å². The Labute approximate surface area is 131 Å². The third kappa shape index (κ3) is 2.71. The number of hydrogen-bond acceptors (Lipinski definition) is 4. The second kappa shape index (κ2) is 5.58. The average molecular weight is 322 g/mol. The first kappa shape index (κ1) is 14.2. The van der Waals surface area contributed by atoms with Gasteiger partial charge in [0.25, 0.3) is 0 Å². The summed E-state index contributed by atoms with van der Waals surface area (Å²) >= 11 is 11.9. The van der Waals surface area contributed by atoms with Gasteiger partial charge in [-0.25, -0.2) is 5.43 Å². The van der Waals surface area contributed by atoms with Crippen LogP contribution in [0.5, 0.6) is 0 Å². The molecule has 0 bridgehead atoms. The quantitative estimate of drug-likeness (QED) is 0.388. The van der Waals surface area contributed by atoms with Gasteiger partial charge in [0.2, 0.25) is 0 Å². The standard InChI is InChI=1S/C15H13Cl2N3O/c16-9-2-4-13-8(5-9)6-14(21-13)15(20-19)11-3-1-10(17)7-12(11)18/h1-7,15,20H,18-19H2. The zero-order chi connectivity index (χ0) is 15.0. The summed E-state index contributed by atoms with van der Waals surface area (Å²) in [7, 11) is 0. The molecule has 21 heavy (non-hydrogen) atoms. The summed E-state index contributed by atoms with van der Waals surface area (Å²) in [5.74, 6) is 6.33. The van der Waals surface area contributed by atoms with Gasteiger partial charge >= 0.3 is 0 Å². The van der Waals surface area contributed by atoms with E-state index in [2.05, 4.69) is 5.43 Å². The molecule has 1 heterocycles. The van der Waals surface area contributed by atoms with Gasteiger partial charge < -0.3 is 10.2 Å². The molecule has 5 N–H and O–H groups in total. The molecule has 1 unspecified atom stereocenters. The fourth-order valence-corrected chi connectivity index (χ4v) is 2.67. The first-order chi connectivity index (χ1) is 10.1. The van der Waals surface area contributed by atoms with Crippen LogP contribution in [0.3, 0.4) is 0 Å². The first-order valence-electron chi connectivity index (χ1n) is 6.28. The molecular formula is C15H13Cl2N3O.